The summed E-state index contributed by atoms with van der Waals surface area (Å²) in [7, 11) is 1.28. The molecule has 7 nitrogen and oxygen atoms in total. The highest BCUT2D eigenvalue weighted by molar-refractivity contribution is 5.81. The average molecular weight is 356 g/mol. The number of aliphatic carboxylic acids is 1. The highest BCUT2D eigenvalue weighted by atomic mass is 19.4. The molecule has 0 aliphatic rings. The zero-order valence-corrected chi connectivity index (χ0v) is 14.1. The number of carbonyl (C=O) groups excluding carboxylic acids is 2. The number of nitrogens with one attached hydrogen (secondary N) is 1. The smallest absolute Gasteiger partial charge is 0.471 e. The Morgan fingerprint density at radius 1 is 1.17 bits per heavy atom. The molecular weight excluding hydrogens is 333 g/mol. The summed E-state index contributed by atoms with van der Waals surface area (Å²) in [5.41, 5.74) is -0.781. The molecule has 0 rings (SSSR count). The normalized spacial score (nSPS) is 13.1. The van der Waals surface area contributed by atoms with Crippen LogP contribution in [0, 0.1) is 0 Å². The van der Waals surface area contributed by atoms with Gasteiger partial charge in [-0.1, -0.05) is 0 Å². The molecule has 140 valence electrons. The molecule has 2 N–H and O–H groups in total. The predicted molar refractivity (Wildman–Crippen MR) is 78.3 cm³/mol. The first-order valence-corrected chi connectivity index (χ1v) is 7.29. The van der Waals surface area contributed by atoms with E-state index in [2.05, 4.69) is 0 Å². The molecule has 10 heteroatoms. The topological polar surface area (TPSA) is 95.9 Å². The van der Waals surface area contributed by atoms with E-state index in [9.17, 15) is 32.7 Å². The maximum absolute atomic E-state index is 12.0. The van der Waals surface area contributed by atoms with Gasteiger partial charge in [0.25, 0.3) is 0 Å². The predicted octanol–water partition coefficient (Wildman–Crippen LogP) is 2.16. The minimum absolute atomic E-state index is 0.0208. The van der Waals surface area contributed by atoms with Crippen LogP contribution in [0.4, 0.5) is 18.0 Å². The first-order chi connectivity index (χ1) is 10.8. The minimum Gasteiger partial charge on any atom is -0.480 e. The third kappa shape index (κ3) is 8.59. The van der Waals surface area contributed by atoms with Crippen LogP contribution in [-0.2, 0) is 14.3 Å². The van der Waals surface area contributed by atoms with E-state index < -0.39 is 35.8 Å². The molecule has 2 amide bonds. The Balaban J connectivity index is 4.38. The fourth-order valence-electron chi connectivity index (χ4n) is 1.71. The highest BCUT2D eigenvalue weighted by Gasteiger charge is 2.38. The first kappa shape index (κ1) is 22.0. The van der Waals surface area contributed by atoms with Gasteiger partial charge in [0, 0.05) is 13.6 Å². The van der Waals surface area contributed by atoms with E-state index in [1.165, 1.54) is 7.05 Å². The highest BCUT2D eigenvalue weighted by Crippen LogP contribution is 2.15. The number of likely N-dealkylation sites (N-methyl/N-ethyl adjacent to an activating group) is 1. The monoisotopic (exact) mass is 356 g/mol. The van der Waals surface area contributed by atoms with E-state index in [-0.39, 0.29) is 25.8 Å². The second kappa shape index (κ2) is 8.74. The lowest BCUT2D eigenvalue weighted by Gasteiger charge is -2.28. The van der Waals surface area contributed by atoms with Crippen molar-refractivity contribution < 1.29 is 37.4 Å². The SMILES string of the molecule is CN(C(=O)OC(C)(C)C)[C@H](CCCCNC(=O)C(F)(F)F)C(=O)O. The third-order valence-electron chi connectivity index (χ3n) is 2.88. The van der Waals surface area contributed by atoms with Gasteiger partial charge in [-0.05, 0) is 40.0 Å². The number of rotatable bonds is 7. The van der Waals surface area contributed by atoms with E-state index in [4.69, 9.17) is 4.74 Å². The number of hydrogen-bond acceptors (Lipinski definition) is 4. The fraction of sp³-hybridized carbons (Fsp3) is 0.786. The molecule has 0 aromatic rings. The number of hydrogen-bond donors (Lipinski definition) is 2. The van der Waals surface area contributed by atoms with E-state index in [0.717, 1.165) is 4.90 Å². The van der Waals surface area contributed by atoms with Crippen molar-refractivity contribution in [3.05, 3.63) is 0 Å². The molecule has 0 bridgehead atoms. The number of carbonyl (C=O) groups is 3. The molecule has 0 aliphatic heterocycles. The van der Waals surface area contributed by atoms with Crippen molar-refractivity contribution in [3.8, 4) is 0 Å². The molecule has 0 aromatic heterocycles. The summed E-state index contributed by atoms with van der Waals surface area (Å²) < 4.78 is 41.0. The number of unbranched alkanes of at least 4 members (excludes halogenated alkanes) is 1. The lowest BCUT2D eigenvalue weighted by molar-refractivity contribution is -0.173. The van der Waals surface area contributed by atoms with Crippen LogP contribution in [0.1, 0.15) is 40.0 Å². The van der Waals surface area contributed by atoms with Gasteiger partial charge < -0.3 is 15.2 Å². The summed E-state index contributed by atoms with van der Waals surface area (Å²) in [5, 5.41) is 10.9. The quantitative estimate of drug-likeness (QED) is 0.682. The van der Waals surface area contributed by atoms with Gasteiger partial charge >= 0.3 is 24.1 Å². The van der Waals surface area contributed by atoms with Crippen LogP contribution in [0.25, 0.3) is 0 Å². The van der Waals surface area contributed by atoms with Crippen molar-refractivity contribution in [2.45, 2.75) is 57.9 Å². The lowest BCUT2D eigenvalue weighted by atomic mass is 10.1. The van der Waals surface area contributed by atoms with Crippen LogP contribution in [0.3, 0.4) is 0 Å². The summed E-state index contributed by atoms with van der Waals surface area (Å²) in [6.45, 7) is 4.67. The zero-order chi connectivity index (χ0) is 19.1. The zero-order valence-electron chi connectivity index (χ0n) is 14.1. The van der Waals surface area contributed by atoms with Gasteiger partial charge in [0.05, 0.1) is 0 Å². The minimum atomic E-state index is -4.94. The Bertz CT molecular complexity index is 460. The molecule has 0 radical (unpaired) electrons. The largest absolute Gasteiger partial charge is 0.480 e. The van der Waals surface area contributed by atoms with E-state index in [1.54, 1.807) is 26.1 Å². The molecule has 0 heterocycles. The first-order valence-electron chi connectivity index (χ1n) is 7.29. The number of carboxylic acids is 1. The Morgan fingerprint density at radius 2 is 1.71 bits per heavy atom. The Morgan fingerprint density at radius 3 is 2.12 bits per heavy atom. The summed E-state index contributed by atoms with van der Waals surface area (Å²) in [6.07, 6.45) is -5.37. The van der Waals surface area contributed by atoms with Gasteiger partial charge in [-0.2, -0.15) is 13.2 Å². The lowest BCUT2D eigenvalue weighted by Crippen LogP contribution is -2.45. The third-order valence-corrected chi connectivity index (χ3v) is 2.88. The summed E-state index contributed by atoms with van der Waals surface area (Å²) in [5.74, 6) is -3.29. The summed E-state index contributed by atoms with van der Waals surface area (Å²) in [4.78, 5) is 34.6. The maximum Gasteiger partial charge on any atom is 0.471 e. The van der Waals surface area contributed by atoms with E-state index >= 15 is 0 Å². The molecule has 0 aliphatic carbocycles. The molecule has 0 unspecified atom stereocenters. The number of alkyl halides is 3. The van der Waals surface area contributed by atoms with Gasteiger partial charge in [0.15, 0.2) is 0 Å². The Hall–Kier alpha value is -2.00. The Labute approximate surface area is 138 Å². The van der Waals surface area contributed by atoms with Crippen LogP contribution in [0.15, 0.2) is 0 Å². The number of amides is 2. The number of halogens is 3. The maximum atomic E-state index is 12.0. The molecule has 0 saturated carbocycles. The second-order valence-electron chi connectivity index (χ2n) is 6.19. The van der Waals surface area contributed by atoms with Crippen molar-refractivity contribution in [2.75, 3.05) is 13.6 Å². The molecular formula is C14H23F3N2O5. The number of ether oxygens (including phenoxy) is 1. The number of carboxylic acid groups (broad SMARTS) is 1. The number of nitrogens with zero attached hydrogens (tertiary/aromatic N) is 1. The van der Waals surface area contributed by atoms with Gasteiger partial charge in [-0.15, -0.1) is 0 Å². The van der Waals surface area contributed by atoms with Gasteiger partial charge in [-0.3, -0.25) is 9.69 Å². The molecule has 0 spiro atoms. The van der Waals surface area contributed by atoms with Crippen molar-refractivity contribution in [2.24, 2.45) is 0 Å². The van der Waals surface area contributed by atoms with Crippen LogP contribution in [0.5, 0.6) is 0 Å². The second-order valence-corrected chi connectivity index (χ2v) is 6.19. The van der Waals surface area contributed by atoms with Crippen molar-refractivity contribution in [3.63, 3.8) is 0 Å². The molecule has 1 atom stereocenters. The molecule has 24 heavy (non-hydrogen) atoms. The fourth-order valence-corrected chi connectivity index (χ4v) is 1.71. The summed E-state index contributed by atoms with van der Waals surface area (Å²) >= 11 is 0. The summed E-state index contributed by atoms with van der Waals surface area (Å²) in [6, 6.07) is -1.17. The average Bonchev–Trinajstić information content (AvgIpc) is 2.38. The molecule has 0 aromatic carbocycles. The molecule has 0 saturated heterocycles. The van der Waals surface area contributed by atoms with Crippen LogP contribution >= 0.6 is 0 Å². The van der Waals surface area contributed by atoms with E-state index in [0.29, 0.717) is 0 Å². The van der Waals surface area contributed by atoms with Gasteiger partial charge in [0.2, 0.25) is 0 Å². The van der Waals surface area contributed by atoms with Crippen LogP contribution in [0.2, 0.25) is 0 Å². The van der Waals surface area contributed by atoms with Crippen molar-refractivity contribution in [1.82, 2.24) is 10.2 Å². The van der Waals surface area contributed by atoms with Crippen molar-refractivity contribution in [1.29, 1.82) is 0 Å². The van der Waals surface area contributed by atoms with E-state index in [1.807, 2.05) is 0 Å². The van der Waals surface area contributed by atoms with Crippen molar-refractivity contribution >= 4 is 18.0 Å². The van der Waals surface area contributed by atoms with Crippen LogP contribution in [-0.4, -0.2) is 59.4 Å². The standard InChI is InChI=1S/C14H23F3N2O5/c1-13(2,3)24-12(23)19(4)9(10(20)21)7-5-6-8-18-11(22)14(15,16)17/h9H,5-8H2,1-4H3,(H,18,22)(H,20,21)/t9-/m1/s1. The van der Waals surface area contributed by atoms with Crippen LogP contribution < -0.4 is 5.32 Å². The molecule has 0 fully saturated rings. The van der Waals surface area contributed by atoms with Gasteiger partial charge in [-0.25, -0.2) is 9.59 Å². The Kier molecular flexibility index (Phi) is 8.01. The van der Waals surface area contributed by atoms with Gasteiger partial charge in [0.1, 0.15) is 11.6 Å².